The minimum atomic E-state index is -3.73. The molecule has 10 heteroatoms. The van der Waals surface area contributed by atoms with Crippen molar-refractivity contribution < 1.29 is 13.2 Å². The van der Waals surface area contributed by atoms with Crippen molar-refractivity contribution in [3.63, 3.8) is 0 Å². The lowest BCUT2D eigenvalue weighted by atomic mass is 10.3. The maximum atomic E-state index is 12.9. The first-order valence-corrected chi connectivity index (χ1v) is 10.9. The molecule has 0 atom stereocenters. The van der Waals surface area contributed by atoms with Crippen LogP contribution >= 0.6 is 0 Å². The van der Waals surface area contributed by atoms with Crippen LogP contribution in [-0.2, 0) is 16.4 Å². The average Bonchev–Trinajstić information content (AvgIpc) is 3.37. The topological polar surface area (TPSA) is 95.8 Å². The normalized spacial score (nSPS) is 12.3. The molecule has 3 heterocycles. The summed E-state index contributed by atoms with van der Waals surface area (Å²) in [6.45, 7) is 2.72. The van der Waals surface area contributed by atoms with E-state index in [-0.39, 0.29) is 17.5 Å². The van der Waals surface area contributed by atoms with Gasteiger partial charge in [-0.15, -0.1) is 15.3 Å². The fourth-order valence-electron chi connectivity index (χ4n) is 3.47. The predicted octanol–water partition coefficient (Wildman–Crippen LogP) is 2.20. The molecule has 0 aliphatic heterocycles. The molecule has 5 aromatic rings. The molecule has 9 nitrogen and oxygen atoms in total. The fraction of sp³-hybridized carbons (Fsp3) is 0.211. The lowest BCUT2D eigenvalue weighted by molar-refractivity contribution is 0.340. The lowest BCUT2D eigenvalue weighted by Crippen LogP contribution is -2.17. The number of sulfone groups is 1. The predicted molar refractivity (Wildman–Crippen MR) is 107 cm³/mol. The van der Waals surface area contributed by atoms with Crippen LogP contribution in [0.15, 0.2) is 59.8 Å². The van der Waals surface area contributed by atoms with Gasteiger partial charge in [0.15, 0.2) is 0 Å². The van der Waals surface area contributed by atoms with Gasteiger partial charge in [0.25, 0.3) is 10.9 Å². The summed E-state index contributed by atoms with van der Waals surface area (Å²) in [7, 11) is -3.73. The molecule has 0 spiro atoms. The summed E-state index contributed by atoms with van der Waals surface area (Å²) < 4.78 is 36.4. The van der Waals surface area contributed by atoms with Gasteiger partial charge in [-0.25, -0.2) is 12.8 Å². The second-order valence-electron chi connectivity index (χ2n) is 6.54. The minimum Gasteiger partial charge on any atom is -0.493 e. The van der Waals surface area contributed by atoms with Crippen LogP contribution in [0.1, 0.15) is 6.92 Å². The van der Waals surface area contributed by atoms with Gasteiger partial charge in [-0.2, -0.15) is 4.52 Å². The lowest BCUT2D eigenvalue weighted by Gasteiger charge is -2.05. The smallest absolute Gasteiger partial charge is 0.272 e. The molecule has 0 N–H and O–H groups in total. The number of aromatic nitrogens is 6. The molecule has 3 aromatic heterocycles. The molecule has 148 valence electrons. The number of rotatable bonds is 6. The molecule has 5 rings (SSSR count). The van der Waals surface area contributed by atoms with Crippen molar-refractivity contribution >= 4 is 32.4 Å². The van der Waals surface area contributed by atoms with E-state index >= 15 is 0 Å². The molecule has 0 fully saturated rings. The number of hydrogen-bond donors (Lipinski definition) is 0. The summed E-state index contributed by atoms with van der Waals surface area (Å²) in [6, 6.07) is 16.9. The van der Waals surface area contributed by atoms with Crippen LogP contribution < -0.4 is 4.74 Å². The van der Waals surface area contributed by atoms with Crippen LogP contribution in [-0.4, -0.2) is 49.6 Å². The molecule has 2 aromatic carbocycles. The molecular weight excluding hydrogens is 392 g/mol. The molecule has 0 aliphatic rings. The quantitative estimate of drug-likeness (QED) is 0.426. The second-order valence-corrected chi connectivity index (χ2v) is 8.55. The molecule has 0 saturated heterocycles. The van der Waals surface area contributed by atoms with E-state index in [2.05, 4.69) is 15.3 Å². The summed E-state index contributed by atoms with van der Waals surface area (Å²) >= 11 is 0. The zero-order valence-corrected chi connectivity index (χ0v) is 16.5. The van der Waals surface area contributed by atoms with Crippen molar-refractivity contribution in [2.24, 2.45) is 0 Å². The first-order chi connectivity index (χ1) is 14.1. The first kappa shape index (κ1) is 17.7. The van der Waals surface area contributed by atoms with Crippen LogP contribution in [0.3, 0.4) is 0 Å². The largest absolute Gasteiger partial charge is 0.493 e. The molecule has 0 amide bonds. The number of fused-ring (bicyclic) bond motifs is 5. The van der Waals surface area contributed by atoms with Gasteiger partial charge in [0.05, 0.1) is 16.8 Å². The molecule has 0 aliphatic carbocycles. The Morgan fingerprint density at radius 2 is 1.66 bits per heavy atom. The van der Waals surface area contributed by atoms with E-state index in [1.54, 1.807) is 12.1 Å². The van der Waals surface area contributed by atoms with Gasteiger partial charge in [0.2, 0.25) is 15.6 Å². The SMILES string of the molecule is CCn1c2ccccc2n2c1nn1c(S(=O)(=O)CCOc3ccccc3)nnc12. The van der Waals surface area contributed by atoms with Crippen molar-refractivity contribution in [3.05, 3.63) is 54.6 Å². The minimum absolute atomic E-state index is 0.0126. The third-order valence-corrected chi connectivity index (χ3v) is 6.31. The van der Waals surface area contributed by atoms with Crippen LogP contribution in [0.2, 0.25) is 0 Å². The van der Waals surface area contributed by atoms with Gasteiger partial charge in [-0.1, -0.05) is 30.3 Å². The zero-order valence-electron chi connectivity index (χ0n) is 15.6. The highest BCUT2D eigenvalue weighted by atomic mass is 32.2. The van der Waals surface area contributed by atoms with E-state index in [0.29, 0.717) is 23.8 Å². The maximum Gasteiger partial charge on any atom is 0.272 e. The van der Waals surface area contributed by atoms with Crippen molar-refractivity contribution in [2.45, 2.75) is 18.6 Å². The van der Waals surface area contributed by atoms with Crippen molar-refractivity contribution in [1.29, 1.82) is 0 Å². The number of hydrogen-bond acceptors (Lipinski definition) is 6. The molecular formula is C19H18N6O3S. The third-order valence-electron chi connectivity index (χ3n) is 4.80. The standard InChI is InChI=1S/C19H18N6O3S/c1-2-23-15-10-6-7-11-16(15)24-17-20-21-19(25(17)22-18(23)24)29(26,27)13-12-28-14-8-4-3-5-9-14/h3-11H,2,12-13H2,1H3. The van der Waals surface area contributed by atoms with Crippen molar-refractivity contribution in [3.8, 4) is 5.75 Å². The Morgan fingerprint density at radius 3 is 2.41 bits per heavy atom. The van der Waals surface area contributed by atoms with Crippen LogP contribution in [0.25, 0.3) is 22.6 Å². The Morgan fingerprint density at radius 1 is 0.931 bits per heavy atom. The fourth-order valence-corrected chi connectivity index (χ4v) is 4.51. The Hall–Kier alpha value is -3.40. The summed E-state index contributed by atoms with van der Waals surface area (Å²) in [6.07, 6.45) is 0. The molecule has 0 unspecified atom stereocenters. The van der Waals surface area contributed by atoms with Gasteiger partial charge in [0.1, 0.15) is 12.4 Å². The Labute approximate surface area is 166 Å². The number of aryl methyl sites for hydroxylation is 1. The van der Waals surface area contributed by atoms with Crippen LogP contribution in [0.4, 0.5) is 0 Å². The zero-order chi connectivity index (χ0) is 20.0. The highest BCUT2D eigenvalue weighted by Gasteiger charge is 2.26. The second kappa shape index (κ2) is 6.59. The molecule has 0 radical (unpaired) electrons. The van der Waals surface area contributed by atoms with Gasteiger partial charge in [0, 0.05) is 6.54 Å². The maximum absolute atomic E-state index is 12.9. The summed E-state index contributed by atoms with van der Waals surface area (Å²) in [5.74, 6) is 1.38. The highest BCUT2D eigenvalue weighted by molar-refractivity contribution is 7.91. The van der Waals surface area contributed by atoms with Crippen LogP contribution in [0, 0.1) is 0 Å². The van der Waals surface area contributed by atoms with E-state index in [1.807, 2.05) is 58.4 Å². The summed E-state index contributed by atoms with van der Waals surface area (Å²) in [5, 5.41) is 12.4. The van der Waals surface area contributed by atoms with Gasteiger partial charge < -0.3 is 9.30 Å². The molecule has 0 bridgehead atoms. The number of para-hydroxylation sites is 3. The van der Waals surface area contributed by atoms with Gasteiger partial charge in [-0.05, 0) is 31.2 Å². The third kappa shape index (κ3) is 2.75. The Bertz CT molecular complexity index is 1430. The molecule has 29 heavy (non-hydrogen) atoms. The Balaban J connectivity index is 1.54. The summed E-state index contributed by atoms with van der Waals surface area (Å²) in [5.41, 5.74) is 1.90. The average molecular weight is 410 g/mol. The number of nitrogens with zero attached hydrogens (tertiary/aromatic N) is 6. The van der Waals surface area contributed by atoms with Crippen molar-refractivity contribution in [1.82, 2.24) is 28.8 Å². The monoisotopic (exact) mass is 410 g/mol. The number of ether oxygens (including phenoxy) is 1. The van der Waals surface area contributed by atoms with E-state index in [9.17, 15) is 8.42 Å². The van der Waals surface area contributed by atoms with E-state index in [4.69, 9.17) is 4.74 Å². The number of imidazole rings is 1. The van der Waals surface area contributed by atoms with E-state index < -0.39 is 9.84 Å². The van der Waals surface area contributed by atoms with E-state index in [0.717, 1.165) is 11.0 Å². The first-order valence-electron chi connectivity index (χ1n) is 9.22. The van der Waals surface area contributed by atoms with E-state index in [1.165, 1.54) is 4.52 Å². The highest BCUT2D eigenvalue weighted by Crippen LogP contribution is 2.23. The van der Waals surface area contributed by atoms with Gasteiger partial charge >= 0.3 is 0 Å². The number of benzene rings is 2. The summed E-state index contributed by atoms with van der Waals surface area (Å²) in [4.78, 5) is 0. The van der Waals surface area contributed by atoms with Gasteiger partial charge in [-0.3, -0.25) is 0 Å². The van der Waals surface area contributed by atoms with Crippen LogP contribution in [0.5, 0.6) is 5.75 Å². The van der Waals surface area contributed by atoms with Crippen molar-refractivity contribution in [2.75, 3.05) is 12.4 Å². The Kier molecular flexibility index (Phi) is 4.02. The molecule has 0 saturated carbocycles.